The molecule has 2 aliphatic heterocycles. The third-order valence-corrected chi connectivity index (χ3v) is 5.36. The SMILES string of the molecule is Cc1cc(CN2C(=O)C3C(NC(=NCCCO)N3C)N(C)C2=O)ccc1Cl. The number of urea groups is 1. The number of aliphatic hydroxyl groups is 1. The van der Waals surface area contributed by atoms with Crippen molar-refractivity contribution in [1.82, 2.24) is 20.0 Å². The predicted octanol–water partition coefficient (Wildman–Crippen LogP) is 1.01. The number of imide groups is 1. The zero-order valence-electron chi connectivity index (χ0n) is 15.6. The maximum atomic E-state index is 13.1. The normalized spacial score (nSPS) is 23.9. The number of benzene rings is 1. The highest BCUT2D eigenvalue weighted by molar-refractivity contribution is 6.31. The van der Waals surface area contributed by atoms with Gasteiger partial charge in [0, 0.05) is 32.3 Å². The summed E-state index contributed by atoms with van der Waals surface area (Å²) in [6.45, 7) is 2.58. The summed E-state index contributed by atoms with van der Waals surface area (Å²) in [4.78, 5) is 34.8. The second kappa shape index (κ2) is 7.74. The summed E-state index contributed by atoms with van der Waals surface area (Å²) in [6.07, 6.45) is 0.0742. The molecule has 0 radical (unpaired) electrons. The van der Waals surface area contributed by atoms with Gasteiger partial charge in [-0.25, -0.2) is 4.79 Å². The van der Waals surface area contributed by atoms with Crippen molar-refractivity contribution >= 4 is 29.5 Å². The van der Waals surface area contributed by atoms with E-state index in [9.17, 15) is 9.59 Å². The summed E-state index contributed by atoms with van der Waals surface area (Å²) in [5, 5.41) is 12.7. The first-order valence-corrected chi connectivity index (χ1v) is 9.21. The Balaban J connectivity index is 1.83. The fraction of sp³-hybridized carbons (Fsp3) is 0.500. The molecule has 0 saturated carbocycles. The highest BCUT2D eigenvalue weighted by Gasteiger charge is 2.51. The Bertz CT molecular complexity index is 784. The van der Waals surface area contributed by atoms with Crippen LogP contribution < -0.4 is 5.32 Å². The lowest BCUT2D eigenvalue weighted by molar-refractivity contribution is -0.137. The number of carbonyl (C=O) groups excluding carboxylic acids is 2. The van der Waals surface area contributed by atoms with Crippen LogP contribution >= 0.6 is 11.6 Å². The standard InChI is InChI=1S/C18H24ClN5O3/c1-11-9-12(5-6-13(11)19)10-24-16(26)14-15(23(3)18(24)27)21-17(22(14)2)20-7-4-8-25/h5-6,9,14-15,25H,4,7-8,10H2,1-3H3,(H,20,21). The predicted molar refractivity (Wildman–Crippen MR) is 102 cm³/mol. The Hall–Kier alpha value is -2.32. The van der Waals surface area contributed by atoms with Crippen LogP contribution in [0, 0.1) is 6.92 Å². The number of likely N-dealkylation sites (N-methyl/N-ethyl adjacent to an activating group) is 2. The second-order valence-electron chi connectivity index (χ2n) is 6.83. The highest BCUT2D eigenvalue weighted by atomic mass is 35.5. The number of aliphatic hydroxyl groups excluding tert-OH is 1. The van der Waals surface area contributed by atoms with E-state index >= 15 is 0 Å². The van der Waals surface area contributed by atoms with Crippen LogP contribution in [0.1, 0.15) is 17.5 Å². The van der Waals surface area contributed by atoms with Gasteiger partial charge in [-0.2, -0.15) is 0 Å². The van der Waals surface area contributed by atoms with Crippen molar-refractivity contribution in [2.24, 2.45) is 4.99 Å². The number of hydrogen-bond donors (Lipinski definition) is 2. The number of guanidine groups is 1. The molecule has 1 aromatic rings. The molecule has 8 nitrogen and oxygen atoms in total. The van der Waals surface area contributed by atoms with Gasteiger partial charge in [-0.1, -0.05) is 23.7 Å². The maximum Gasteiger partial charge on any atom is 0.328 e. The third-order valence-electron chi connectivity index (χ3n) is 4.94. The Morgan fingerprint density at radius 1 is 1.26 bits per heavy atom. The van der Waals surface area contributed by atoms with E-state index in [0.29, 0.717) is 23.9 Å². The molecule has 2 unspecified atom stereocenters. The van der Waals surface area contributed by atoms with E-state index in [-0.39, 0.29) is 25.1 Å². The molecule has 1 aromatic carbocycles. The van der Waals surface area contributed by atoms with E-state index in [4.69, 9.17) is 16.7 Å². The number of nitrogens with zero attached hydrogens (tertiary/aromatic N) is 4. The number of aliphatic imine (C=N–C) groups is 1. The van der Waals surface area contributed by atoms with Gasteiger partial charge in [0.05, 0.1) is 6.54 Å². The Labute approximate surface area is 163 Å². The van der Waals surface area contributed by atoms with Gasteiger partial charge in [0.25, 0.3) is 5.91 Å². The van der Waals surface area contributed by atoms with Crippen molar-refractivity contribution in [2.45, 2.75) is 32.1 Å². The van der Waals surface area contributed by atoms with Crippen molar-refractivity contribution in [3.63, 3.8) is 0 Å². The van der Waals surface area contributed by atoms with Crippen LogP contribution in [-0.2, 0) is 11.3 Å². The number of aryl methyl sites for hydroxylation is 1. The van der Waals surface area contributed by atoms with E-state index in [1.807, 2.05) is 19.1 Å². The molecule has 0 aromatic heterocycles. The van der Waals surface area contributed by atoms with Gasteiger partial charge in [-0.3, -0.25) is 14.7 Å². The number of halogens is 1. The van der Waals surface area contributed by atoms with Gasteiger partial charge in [0.15, 0.2) is 12.0 Å². The number of nitrogens with one attached hydrogen (secondary N) is 1. The van der Waals surface area contributed by atoms with Gasteiger partial charge in [-0.05, 0) is 30.5 Å². The van der Waals surface area contributed by atoms with Crippen LogP contribution in [0.3, 0.4) is 0 Å². The fourth-order valence-corrected chi connectivity index (χ4v) is 3.49. The summed E-state index contributed by atoms with van der Waals surface area (Å²) in [6, 6.07) is 4.57. The molecule has 2 atom stereocenters. The van der Waals surface area contributed by atoms with Crippen LogP contribution in [0.2, 0.25) is 5.02 Å². The summed E-state index contributed by atoms with van der Waals surface area (Å²) in [5.74, 6) is 0.286. The molecule has 3 rings (SSSR count). The molecule has 2 saturated heterocycles. The Morgan fingerprint density at radius 2 is 2.00 bits per heavy atom. The molecule has 0 bridgehead atoms. The molecular weight excluding hydrogens is 370 g/mol. The lowest BCUT2D eigenvalue weighted by Gasteiger charge is -2.40. The van der Waals surface area contributed by atoms with Gasteiger partial charge >= 0.3 is 6.03 Å². The van der Waals surface area contributed by atoms with Crippen LogP contribution in [0.5, 0.6) is 0 Å². The summed E-state index contributed by atoms with van der Waals surface area (Å²) in [5.41, 5.74) is 1.74. The minimum atomic E-state index is -0.547. The van der Waals surface area contributed by atoms with Crippen molar-refractivity contribution in [3.05, 3.63) is 34.3 Å². The van der Waals surface area contributed by atoms with Crippen LogP contribution in [0.15, 0.2) is 23.2 Å². The summed E-state index contributed by atoms with van der Waals surface area (Å²) >= 11 is 6.06. The molecular formula is C18H24ClN5O3. The van der Waals surface area contributed by atoms with Crippen LogP contribution in [0.4, 0.5) is 4.79 Å². The van der Waals surface area contributed by atoms with Crippen molar-refractivity contribution in [2.75, 3.05) is 27.2 Å². The average molecular weight is 394 g/mol. The number of rotatable bonds is 5. The zero-order chi connectivity index (χ0) is 19.7. The zero-order valence-corrected chi connectivity index (χ0v) is 16.4. The molecule has 2 aliphatic rings. The Morgan fingerprint density at radius 3 is 2.67 bits per heavy atom. The average Bonchev–Trinajstić information content (AvgIpc) is 2.97. The molecule has 0 spiro atoms. The smallest absolute Gasteiger partial charge is 0.328 e. The fourth-order valence-electron chi connectivity index (χ4n) is 3.38. The number of hydrogen-bond acceptors (Lipinski definition) is 4. The van der Waals surface area contributed by atoms with Crippen LogP contribution in [-0.4, -0.2) is 77.2 Å². The van der Waals surface area contributed by atoms with Crippen molar-refractivity contribution < 1.29 is 14.7 Å². The monoisotopic (exact) mass is 393 g/mol. The molecule has 9 heteroatoms. The first-order valence-electron chi connectivity index (χ1n) is 8.83. The number of carbonyl (C=O) groups is 2. The molecule has 146 valence electrons. The number of fused-ring (bicyclic) bond motifs is 1. The third kappa shape index (κ3) is 3.59. The quantitative estimate of drug-likeness (QED) is 0.729. The van der Waals surface area contributed by atoms with Gasteiger partial charge in [-0.15, -0.1) is 0 Å². The van der Waals surface area contributed by atoms with Crippen molar-refractivity contribution in [1.29, 1.82) is 0 Å². The first-order chi connectivity index (χ1) is 12.8. The highest BCUT2D eigenvalue weighted by Crippen LogP contribution is 2.26. The van der Waals surface area contributed by atoms with E-state index in [1.54, 1.807) is 25.1 Å². The maximum absolute atomic E-state index is 13.1. The molecule has 3 amide bonds. The molecule has 27 heavy (non-hydrogen) atoms. The Kier molecular flexibility index (Phi) is 5.57. The minimum absolute atomic E-state index is 0.0545. The van der Waals surface area contributed by atoms with Gasteiger partial charge in [0.1, 0.15) is 6.17 Å². The van der Waals surface area contributed by atoms with E-state index < -0.39 is 12.2 Å². The largest absolute Gasteiger partial charge is 0.396 e. The summed E-state index contributed by atoms with van der Waals surface area (Å²) < 4.78 is 0. The van der Waals surface area contributed by atoms with Gasteiger partial charge in [0.2, 0.25) is 0 Å². The molecule has 2 heterocycles. The van der Waals surface area contributed by atoms with E-state index in [1.165, 1.54) is 9.80 Å². The minimum Gasteiger partial charge on any atom is -0.396 e. The van der Waals surface area contributed by atoms with Gasteiger partial charge < -0.3 is 20.2 Å². The molecule has 0 aliphatic carbocycles. The first kappa shape index (κ1) is 19.4. The summed E-state index contributed by atoms with van der Waals surface area (Å²) in [7, 11) is 3.45. The molecule has 2 N–H and O–H groups in total. The van der Waals surface area contributed by atoms with E-state index in [2.05, 4.69) is 10.3 Å². The molecule has 2 fully saturated rings. The van der Waals surface area contributed by atoms with Crippen molar-refractivity contribution in [3.8, 4) is 0 Å². The second-order valence-corrected chi connectivity index (χ2v) is 7.24. The van der Waals surface area contributed by atoms with Crippen LogP contribution in [0.25, 0.3) is 0 Å². The lowest BCUT2D eigenvalue weighted by atomic mass is 10.1. The van der Waals surface area contributed by atoms with E-state index in [0.717, 1.165) is 11.1 Å². The topological polar surface area (TPSA) is 88.5 Å². The number of amides is 3. The lowest BCUT2D eigenvalue weighted by Crippen LogP contribution is -2.65.